The number of ether oxygens (including phenoxy) is 1. The minimum Gasteiger partial charge on any atom is -0.463 e. The summed E-state index contributed by atoms with van der Waals surface area (Å²) < 4.78 is 5.42. The Bertz CT molecular complexity index is 895. The third-order valence-corrected chi connectivity index (χ3v) is 5.70. The molecular weight excluding hydrogens is 350 g/mol. The zero-order valence-electron chi connectivity index (χ0n) is 16.7. The van der Waals surface area contributed by atoms with Crippen LogP contribution in [0.2, 0.25) is 0 Å². The van der Waals surface area contributed by atoms with Crippen LogP contribution in [0.4, 0.5) is 0 Å². The molecule has 1 aliphatic rings. The average molecular weight is 377 g/mol. The molecule has 3 rings (SSSR count). The predicted octanol–water partition coefficient (Wildman–Crippen LogP) is 4.75. The smallest absolute Gasteiger partial charge is 0.336 e. The van der Waals surface area contributed by atoms with Crippen LogP contribution >= 0.6 is 0 Å². The minimum atomic E-state index is -0.361. The van der Waals surface area contributed by atoms with Crippen LogP contribution in [0, 0.1) is 5.41 Å². The van der Waals surface area contributed by atoms with Gasteiger partial charge in [0.2, 0.25) is 0 Å². The van der Waals surface area contributed by atoms with Gasteiger partial charge in [0, 0.05) is 16.5 Å². The number of carbonyl (C=O) groups is 2. The van der Waals surface area contributed by atoms with Crippen LogP contribution in [0.15, 0.2) is 60.2 Å². The van der Waals surface area contributed by atoms with E-state index in [0.29, 0.717) is 23.4 Å². The number of hydrogen-bond acceptors (Lipinski definition) is 3. The lowest BCUT2D eigenvalue weighted by Gasteiger charge is -2.39. The zero-order chi connectivity index (χ0) is 20.1. The van der Waals surface area contributed by atoms with Crippen molar-refractivity contribution in [3.8, 4) is 0 Å². The van der Waals surface area contributed by atoms with Crippen molar-refractivity contribution < 1.29 is 14.3 Å². The van der Waals surface area contributed by atoms with Gasteiger partial charge >= 0.3 is 5.97 Å². The molecule has 1 N–H and O–H groups in total. The fourth-order valence-electron chi connectivity index (χ4n) is 4.05. The van der Waals surface area contributed by atoms with Crippen molar-refractivity contribution in [2.75, 3.05) is 6.61 Å². The summed E-state index contributed by atoms with van der Waals surface area (Å²) in [5.74, 6) is -0.570. The van der Waals surface area contributed by atoms with Gasteiger partial charge in [-0.3, -0.25) is 4.79 Å². The van der Waals surface area contributed by atoms with E-state index in [0.717, 1.165) is 30.4 Å². The molecule has 0 fully saturated rings. The van der Waals surface area contributed by atoms with Gasteiger partial charge < -0.3 is 10.1 Å². The van der Waals surface area contributed by atoms with E-state index >= 15 is 0 Å². The van der Waals surface area contributed by atoms with Crippen molar-refractivity contribution in [1.82, 2.24) is 5.32 Å². The van der Waals surface area contributed by atoms with Gasteiger partial charge in [-0.1, -0.05) is 56.3 Å². The molecule has 0 spiro atoms. The van der Waals surface area contributed by atoms with Gasteiger partial charge in [-0.25, -0.2) is 4.79 Å². The molecule has 0 aliphatic heterocycles. The molecular formula is C24H27NO3. The van der Waals surface area contributed by atoms with E-state index in [2.05, 4.69) is 25.2 Å². The first-order valence-electron chi connectivity index (χ1n) is 9.92. The second-order valence-corrected chi connectivity index (χ2v) is 7.11. The van der Waals surface area contributed by atoms with Crippen LogP contribution in [0.25, 0.3) is 5.70 Å². The molecule has 28 heavy (non-hydrogen) atoms. The lowest BCUT2D eigenvalue weighted by molar-refractivity contribution is -0.140. The van der Waals surface area contributed by atoms with Crippen molar-refractivity contribution >= 4 is 17.6 Å². The Kier molecular flexibility index (Phi) is 5.98. The van der Waals surface area contributed by atoms with Crippen molar-refractivity contribution in [3.05, 3.63) is 76.9 Å². The van der Waals surface area contributed by atoms with Crippen LogP contribution in [-0.4, -0.2) is 18.5 Å². The fraction of sp³-hybridized carbons (Fsp3) is 0.333. The third kappa shape index (κ3) is 3.59. The monoisotopic (exact) mass is 377 g/mol. The molecule has 2 aromatic rings. The lowest BCUT2D eigenvalue weighted by atomic mass is 9.66. The quantitative estimate of drug-likeness (QED) is 0.739. The van der Waals surface area contributed by atoms with Crippen LogP contribution in [-0.2, 0) is 16.0 Å². The molecule has 0 saturated carbocycles. The average Bonchev–Trinajstić information content (AvgIpc) is 2.74. The first-order valence-corrected chi connectivity index (χ1v) is 9.92. The van der Waals surface area contributed by atoms with E-state index in [4.69, 9.17) is 4.74 Å². The fourth-order valence-corrected chi connectivity index (χ4v) is 4.05. The normalized spacial score (nSPS) is 15.0. The summed E-state index contributed by atoms with van der Waals surface area (Å²) in [6.07, 6.45) is 2.34. The highest BCUT2D eigenvalue weighted by Crippen LogP contribution is 2.47. The highest BCUT2D eigenvalue weighted by Gasteiger charge is 2.43. The van der Waals surface area contributed by atoms with Gasteiger partial charge in [0.15, 0.2) is 0 Å². The molecule has 4 nitrogen and oxygen atoms in total. The SMILES string of the molecule is CCOC(=O)C1=C(NC(=O)c2ccccc2)c2ccccc2CC1(CC)CC. The van der Waals surface area contributed by atoms with Crippen LogP contribution in [0.5, 0.6) is 0 Å². The summed E-state index contributed by atoms with van der Waals surface area (Å²) in [6, 6.07) is 17.0. The molecule has 4 heteroatoms. The third-order valence-electron chi connectivity index (χ3n) is 5.70. The van der Waals surface area contributed by atoms with Crippen molar-refractivity contribution in [2.24, 2.45) is 5.41 Å². The van der Waals surface area contributed by atoms with Crippen molar-refractivity contribution in [3.63, 3.8) is 0 Å². The second kappa shape index (κ2) is 8.42. The van der Waals surface area contributed by atoms with E-state index in [1.165, 1.54) is 0 Å². The highest BCUT2D eigenvalue weighted by atomic mass is 16.5. The summed E-state index contributed by atoms with van der Waals surface area (Å²) in [6.45, 7) is 6.28. The van der Waals surface area contributed by atoms with Gasteiger partial charge in [0.1, 0.15) is 0 Å². The van der Waals surface area contributed by atoms with Gasteiger partial charge in [0.25, 0.3) is 5.91 Å². The van der Waals surface area contributed by atoms with Crippen molar-refractivity contribution in [1.29, 1.82) is 0 Å². The Morgan fingerprint density at radius 3 is 2.25 bits per heavy atom. The van der Waals surface area contributed by atoms with E-state index < -0.39 is 0 Å². The molecule has 0 radical (unpaired) electrons. The molecule has 1 amide bonds. The van der Waals surface area contributed by atoms with Crippen LogP contribution < -0.4 is 5.32 Å². The number of rotatable bonds is 6. The molecule has 146 valence electrons. The van der Waals surface area contributed by atoms with E-state index in [1.807, 2.05) is 36.4 Å². The van der Waals surface area contributed by atoms with E-state index in [-0.39, 0.29) is 17.3 Å². The van der Waals surface area contributed by atoms with E-state index in [1.54, 1.807) is 19.1 Å². The number of nitrogens with one attached hydrogen (secondary N) is 1. The molecule has 2 aromatic carbocycles. The molecule has 1 aliphatic carbocycles. The van der Waals surface area contributed by atoms with Gasteiger partial charge in [-0.2, -0.15) is 0 Å². The Morgan fingerprint density at radius 1 is 0.964 bits per heavy atom. The summed E-state index contributed by atoms with van der Waals surface area (Å²) >= 11 is 0. The molecule has 0 saturated heterocycles. The van der Waals surface area contributed by atoms with Gasteiger partial charge in [0.05, 0.1) is 17.9 Å². The standard InChI is InChI=1S/C24H27NO3/c1-4-24(5-2)16-18-14-10-11-15-19(18)21(20(24)23(27)28-6-3)25-22(26)17-12-8-7-9-13-17/h7-15H,4-6,16H2,1-3H3,(H,25,26). The van der Waals surface area contributed by atoms with Crippen LogP contribution in [0.1, 0.15) is 55.1 Å². The molecule has 0 heterocycles. The first kappa shape index (κ1) is 19.9. The summed E-state index contributed by atoms with van der Waals surface area (Å²) in [5, 5.41) is 3.04. The molecule has 0 bridgehead atoms. The van der Waals surface area contributed by atoms with Gasteiger partial charge in [-0.15, -0.1) is 0 Å². The first-order chi connectivity index (χ1) is 13.6. The van der Waals surface area contributed by atoms with E-state index in [9.17, 15) is 9.59 Å². The van der Waals surface area contributed by atoms with Crippen molar-refractivity contribution in [2.45, 2.75) is 40.0 Å². The number of amides is 1. The number of fused-ring (bicyclic) bond motifs is 1. The number of esters is 1. The predicted molar refractivity (Wildman–Crippen MR) is 111 cm³/mol. The maximum atomic E-state index is 13.0. The summed E-state index contributed by atoms with van der Waals surface area (Å²) in [4.78, 5) is 26.0. The zero-order valence-corrected chi connectivity index (χ0v) is 16.7. The number of hydrogen-bond donors (Lipinski definition) is 1. The largest absolute Gasteiger partial charge is 0.463 e. The maximum Gasteiger partial charge on any atom is 0.336 e. The Morgan fingerprint density at radius 2 is 1.61 bits per heavy atom. The minimum absolute atomic E-state index is 0.227. The lowest BCUT2D eigenvalue weighted by Crippen LogP contribution is -2.38. The second-order valence-electron chi connectivity index (χ2n) is 7.11. The Hall–Kier alpha value is -2.88. The Labute approximate surface area is 166 Å². The number of carbonyl (C=O) groups excluding carboxylic acids is 2. The summed E-state index contributed by atoms with van der Waals surface area (Å²) in [7, 11) is 0. The topological polar surface area (TPSA) is 55.4 Å². The maximum absolute atomic E-state index is 13.0. The Balaban J connectivity index is 2.19. The summed E-state index contributed by atoms with van der Waals surface area (Å²) in [5.41, 5.74) is 3.40. The number of benzene rings is 2. The highest BCUT2D eigenvalue weighted by molar-refractivity contribution is 6.06. The van der Waals surface area contributed by atoms with Crippen LogP contribution in [0.3, 0.4) is 0 Å². The molecule has 0 unspecified atom stereocenters. The molecule has 0 atom stereocenters. The van der Waals surface area contributed by atoms with Gasteiger partial charge in [-0.05, 0) is 43.9 Å². The molecule has 0 aromatic heterocycles.